The summed E-state index contributed by atoms with van der Waals surface area (Å²) in [7, 11) is 1.54. The molecule has 0 radical (unpaired) electrons. The lowest BCUT2D eigenvalue weighted by Crippen LogP contribution is -2.15. The van der Waals surface area contributed by atoms with E-state index >= 15 is 0 Å². The minimum atomic E-state index is -0.794. The molecule has 1 fully saturated rings. The van der Waals surface area contributed by atoms with Gasteiger partial charge in [-0.25, -0.2) is 0 Å². The van der Waals surface area contributed by atoms with Crippen LogP contribution < -0.4 is 4.74 Å². The Kier molecular flexibility index (Phi) is 2.73. The van der Waals surface area contributed by atoms with Gasteiger partial charge in [0.15, 0.2) is 0 Å². The number of benzene rings is 1. The van der Waals surface area contributed by atoms with Crippen LogP contribution in [0.3, 0.4) is 0 Å². The highest BCUT2D eigenvalue weighted by molar-refractivity contribution is 5.71. The van der Waals surface area contributed by atoms with E-state index in [2.05, 4.69) is 0 Å². The van der Waals surface area contributed by atoms with Crippen LogP contribution in [0.2, 0.25) is 0 Å². The van der Waals surface area contributed by atoms with Gasteiger partial charge in [-0.2, -0.15) is 0 Å². The monoisotopic (exact) mass is 236 g/mol. The average molecular weight is 236 g/mol. The van der Waals surface area contributed by atoms with Gasteiger partial charge in [0, 0.05) is 17.0 Å². The predicted molar refractivity (Wildman–Crippen MR) is 62.6 cm³/mol. The molecule has 1 aliphatic carbocycles. The minimum Gasteiger partial charge on any atom is -0.508 e. The van der Waals surface area contributed by atoms with Gasteiger partial charge in [-0.3, -0.25) is 4.79 Å². The number of aryl methyl sites for hydroxylation is 1. The van der Waals surface area contributed by atoms with Gasteiger partial charge in [0.05, 0.1) is 13.5 Å². The van der Waals surface area contributed by atoms with Crippen molar-refractivity contribution in [2.75, 3.05) is 7.11 Å². The first-order valence-corrected chi connectivity index (χ1v) is 5.58. The molecule has 0 saturated heterocycles. The number of hydrogen-bond acceptors (Lipinski definition) is 3. The Bertz CT molecular complexity index is 461. The van der Waals surface area contributed by atoms with Crippen molar-refractivity contribution < 1.29 is 19.7 Å². The highest BCUT2D eigenvalue weighted by atomic mass is 16.5. The molecular weight excluding hydrogens is 220 g/mol. The molecule has 1 aromatic rings. The van der Waals surface area contributed by atoms with Gasteiger partial charge in [-0.1, -0.05) is 0 Å². The topological polar surface area (TPSA) is 66.8 Å². The van der Waals surface area contributed by atoms with Crippen molar-refractivity contribution in [2.45, 2.75) is 31.6 Å². The summed E-state index contributed by atoms with van der Waals surface area (Å²) in [5.74, 6) is -0.0625. The zero-order valence-corrected chi connectivity index (χ0v) is 9.99. The number of carboxylic acids is 1. The Balaban J connectivity index is 2.48. The van der Waals surface area contributed by atoms with Gasteiger partial charge in [0.2, 0.25) is 0 Å². The third-order valence-electron chi connectivity index (χ3n) is 3.38. The summed E-state index contributed by atoms with van der Waals surface area (Å²) in [4.78, 5) is 10.9. The van der Waals surface area contributed by atoms with Crippen molar-refractivity contribution in [1.82, 2.24) is 0 Å². The summed E-state index contributed by atoms with van der Waals surface area (Å²) >= 11 is 0. The lowest BCUT2D eigenvalue weighted by Gasteiger charge is -2.20. The van der Waals surface area contributed by atoms with Crippen LogP contribution in [0.15, 0.2) is 12.1 Å². The molecule has 0 aliphatic heterocycles. The number of aliphatic carboxylic acids is 1. The maximum absolute atomic E-state index is 10.9. The number of rotatable bonds is 4. The maximum atomic E-state index is 10.9. The summed E-state index contributed by atoms with van der Waals surface area (Å²) in [5, 5.41) is 18.5. The standard InChI is InChI=1S/C13H16O4/c1-8-5-9(14)6-10(17-2)12(8)13(3-4-13)7-11(15)16/h5-6,14H,3-4,7H2,1-2H3,(H,15,16). The number of methoxy groups -OCH3 is 1. The summed E-state index contributed by atoms with van der Waals surface area (Å²) in [6, 6.07) is 3.20. The summed E-state index contributed by atoms with van der Waals surface area (Å²) in [5.41, 5.74) is 1.52. The van der Waals surface area contributed by atoms with Crippen LogP contribution in [-0.2, 0) is 10.2 Å². The van der Waals surface area contributed by atoms with Crippen LogP contribution in [0, 0.1) is 6.92 Å². The predicted octanol–water partition coefficient (Wildman–Crippen LogP) is 2.22. The average Bonchev–Trinajstić information content (AvgIpc) is 2.95. The van der Waals surface area contributed by atoms with Gasteiger partial charge in [-0.15, -0.1) is 0 Å². The van der Waals surface area contributed by atoms with E-state index in [-0.39, 0.29) is 17.6 Å². The molecule has 1 saturated carbocycles. The number of carboxylic acid groups (broad SMARTS) is 1. The van der Waals surface area contributed by atoms with E-state index in [9.17, 15) is 9.90 Å². The Morgan fingerprint density at radius 2 is 2.12 bits per heavy atom. The first-order valence-electron chi connectivity index (χ1n) is 5.58. The molecule has 0 aromatic heterocycles. The van der Waals surface area contributed by atoms with Crippen molar-refractivity contribution >= 4 is 5.97 Å². The van der Waals surface area contributed by atoms with E-state index in [1.807, 2.05) is 6.92 Å². The third kappa shape index (κ3) is 2.07. The van der Waals surface area contributed by atoms with E-state index in [0.717, 1.165) is 24.0 Å². The van der Waals surface area contributed by atoms with Crippen molar-refractivity contribution in [3.8, 4) is 11.5 Å². The second kappa shape index (κ2) is 3.95. The van der Waals surface area contributed by atoms with Crippen LogP contribution in [0.5, 0.6) is 11.5 Å². The smallest absolute Gasteiger partial charge is 0.304 e. The summed E-state index contributed by atoms with van der Waals surface area (Å²) in [6.07, 6.45) is 1.84. The normalized spacial score (nSPS) is 16.6. The van der Waals surface area contributed by atoms with E-state index in [4.69, 9.17) is 9.84 Å². The van der Waals surface area contributed by atoms with Gasteiger partial charge >= 0.3 is 5.97 Å². The second-order valence-electron chi connectivity index (χ2n) is 4.69. The van der Waals surface area contributed by atoms with Crippen molar-refractivity contribution in [3.63, 3.8) is 0 Å². The molecule has 1 aromatic carbocycles. The SMILES string of the molecule is COc1cc(O)cc(C)c1C1(CC(=O)O)CC1. The van der Waals surface area contributed by atoms with Crippen LogP contribution in [0.4, 0.5) is 0 Å². The highest BCUT2D eigenvalue weighted by Gasteiger charge is 2.48. The molecule has 4 nitrogen and oxygen atoms in total. The largest absolute Gasteiger partial charge is 0.508 e. The summed E-state index contributed by atoms with van der Waals surface area (Å²) < 4.78 is 5.26. The second-order valence-corrected chi connectivity index (χ2v) is 4.69. The highest BCUT2D eigenvalue weighted by Crippen LogP contribution is 2.55. The lowest BCUT2D eigenvalue weighted by molar-refractivity contribution is -0.137. The maximum Gasteiger partial charge on any atom is 0.304 e. The van der Waals surface area contributed by atoms with E-state index in [1.54, 1.807) is 12.1 Å². The Morgan fingerprint density at radius 3 is 2.59 bits per heavy atom. The fourth-order valence-corrected chi connectivity index (χ4v) is 2.53. The van der Waals surface area contributed by atoms with Crippen LogP contribution in [0.1, 0.15) is 30.4 Å². The lowest BCUT2D eigenvalue weighted by atomic mass is 9.88. The van der Waals surface area contributed by atoms with E-state index < -0.39 is 5.97 Å². The molecule has 0 amide bonds. The number of aromatic hydroxyl groups is 1. The van der Waals surface area contributed by atoms with Crippen molar-refractivity contribution in [2.24, 2.45) is 0 Å². The molecule has 0 heterocycles. The third-order valence-corrected chi connectivity index (χ3v) is 3.38. The Hall–Kier alpha value is -1.71. The Labute approximate surface area is 99.8 Å². The quantitative estimate of drug-likeness (QED) is 0.841. The zero-order valence-electron chi connectivity index (χ0n) is 9.99. The minimum absolute atomic E-state index is 0.120. The Morgan fingerprint density at radius 1 is 1.47 bits per heavy atom. The molecular formula is C13H16O4. The fraction of sp³-hybridized carbons (Fsp3) is 0.462. The molecule has 2 N–H and O–H groups in total. The number of hydrogen-bond donors (Lipinski definition) is 2. The van der Waals surface area contributed by atoms with Gasteiger partial charge < -0.3 is 14.9 Å². The molecule has 0 spiro atoms. The molecule has 4 heteroatoms. The molecule has 0 bridgehead atoms. The van der Waals surface area contributed by atoms with Gasteiger partial charge in [-0.05, 0) is 31.4 Å². The number of phenols is 1. The summed E-state index contributed by atoms with van der Waals surface area (Å²) in [6.45, 7) is 1.87. The van der Waals surface area contributed by atoms with Crippen molar-refractivity contribution in [3.05, 3.63) is 23.3 Å². The molecule has 92 valence electrons. The number of phenolic OH excluding ortho intramolecular Hbond substituents is 1. The van der Waals surface area contributed by atoms with Gasteiger partial charge in [0.25, 0.3) is 0 Å². The van der Waals surface area contributed by atoms with Crippen LogP contribution >= 0.6 is 0 Å². The van der Waals surface area contributed by atoms with E-state index in [1.165, 1.54) is 7.11 Å². The van der Waals surface area contributed by atoms with Crippen LogP contribution in [0.25, 0.3) is 0 Å². The first kappa shape index (κ1) is 11.8. The van der Waals surface area contributed by atoms with Crippen molar-refractivity contribution in [1.29, 1.82) is 0 Å². The van der Waals surface area contributed by atoms with Gasteiger partial charge in [0.1, 0.15) is 11.5 Å². The molecule has 1 aliphatic rings. The molecule has 0 atom stereocenters. The number of carbonyl (C=O) groups is 1. The molecule has 17 heavy (non-hydrogen) atoms. The van der Waals surface area contributed by atoms with Crippen LogP contribution in [-0.4, -0.2) is 23.3 Å². The molecule has 0 unspecified atom stereocenters. The fourth-order valence-electron chi connectivity index (χ4n) is 2.53. The van der Waals surface area contributed by atoms with E-state index in [0.29, 0.717) is 5.75 Å². The first-order chi connectivity index (χ1) is 7.98. The number of ether oxygens (including phenoxy) is 1. The molecule has 2 rings (SSSR count). The zero-order chi connectivity index (χ0) is 12.6.